The largest absolute Gasteiger partial charge is 0.490 e. The van der Waals surface area contributed by atoms with E-state index in [1.54, 1.807) is 12.1 Å². The summed E-state index contributed by atoms with van der Waals surface area (Å²) in [6, 6.07) is 17.1. The van der Waals surface area contributed by atoms with Crippen molar-refractivity contribution in [3.63, 3.8) is 0 Å². The van der Waals surface area contributed by atoms with Gasteiger partial charge < -0.3 is 9.64 Å². The number of nitrogens with zero attached hydrogens (tertiary/aromatic N) is 1. The van der Waals surface area contributed by atoms with Crippen molar-refractivity contribution >= 4 is 0 Å². The van der Waals surface area contributed by atoms with Crippen molar-refractivity contribution in [3.05, 3.63) is 66.0 Å². The van der Waals surface area contributed by atoms with Crippen molar-refractivity contribution in [2.45, 2.75) is 31.3 Å². The zero-order chi connectivity index (χ0) is 16.4. The van der Waals surface area contributed by atoms with Crippen molar-refractivity contribution in [2.24, 2.45) is 5.92 Å². The summed E-state index contributed by atoms with van der Waals surface area (Å²) in [5.41, 5.74) is 1.34. The molecule has 0 bridgehead atoms. The number of hydrogen-bond donors (Lipinski definition) is 0. The van der Waals surface area contributed by atoms with Gasteiger partial charge in [0.1, 0.15) is 17.7 Å². The van der Waals surface area contributed by atoms with Gasteiger partial charge in [-0.05, 0) is 55.0 Å². The lowest BCUT2D eigenvalue weighted by Gasteiger charge is -2.39. The number of likely N-dealkylation sites (tertiary alicyclic amines) is 1. The van der Waals surface area contributed by atoms with E-state index in [-0.39, 0.29) is 11.9 Å². The summed E-state index contributed by atoms with van der Waals surface area (Å²) in [5.74, 6) is 1.82. The van der Waals surface area contributed by atoms with Crippen LogP contribution in [0, 0.1) is 11.7 Å². The van der Waals surface area contributed by atoms with Crippen LogP contribution in [0.5, 0.6) is 5.75 Å². The van der Waals surface area contributed by atoms with Crippen LogP contribution in [-0.2, 0) is 0 Å². The molecule has 24 heavy (non-hydrogen) atoms. The lowest BCUT2D eigenvalue weighted by atomic mass is 9.87. The predicted octanol–water partition coefficient (Wildman–Crippen LogP) is 4.47. The summed E-state index contributed by atoms with van der Waals surface area (Å²) in [6.07, 6.45) is 3.95. The summed E-state index contributed by atoms with van der Waals surface area (Å²) in [6.45, 7) is 3.37. The Morgan fingerprint density at radius 1 is 0.958 bits per heavy atom. The van der Waals surface area contributed by atoms with Gasteiger partial charge in [0.15, 0.2) is 0 Å². The molecule has 0 aromatic heterocycles. The average molecular weight is 325 g/mol. The molecule has 1 aliphatic carbocycles. The van der Waals surface area contributed by atoms with Crippen LogP contribution in [-0.4, -0.2) is 30.6 Å². The van der Waals surface area contributed by atoms with Gasteiger partial charge in [-0.2, -0.15) is 0 Å². The molecule has 0 N–H and O–H groups in total. The van der Waals surface area contributed by atoms with Crippen LogP contribution in [0.2, 0.25) is 0 Å². The average Bonchev–Trinajstić information content (AvgIpc) is 3.43. The van der Waals surface area contributed by atoms with Crippen LogP contribution < -0.4 is 4.74 Å². The Hall–Kier alpha value is -1.87. The molecule has 3 heteroatoms. The first-order valence-electron chi connectivity index (χ1n) is 8.97. The monoisotopic (exact) mass is 325 g/mol. The highest BCUT2D eigenvalue weighted by Gasteiger charge is 2.34. The molecule has 2 aromatic carbocycles. The quantitative estimate of drug-likeness (QED) is 0.804. The molecule has 2 aliphatic rings. The van der Waals surface area contributed by atoms with Gasteiger partial charge in [-0.15, -0.1) is 0 Å². The summed E-state index contributed by atoms with van der Waals surface area (Å²) >= 11 is 0. The normalized spacial score (nSPS) is 24.7. The van der Waals surface area contributed by atoms with Crippen molar-refractivity contribution < 1.29 is 9.13 Å². The van der Waals surface area contributed by atoms with E-state index in [2.05, 4.69) is 35.2 Å². The zero-order valence-electron chi connectivity index (χ0n) is 13.9. The molecule has 126 valence electrons. The number of hydrogen-bond acceptors (Lipinski definition) is 2. The van der Waals surface area contributed by atoms with Crippen LogP contribution in [0.15, 0.2) is 54.6 Å². The number of piperidine rings is 1. The van der Waals surface area contributed by atoms with Crippen molar-refractivity contribution in [3.8, 4) is 5.75 Å². The summed E-state index contributed by atoms with van der Waals surface area (Å²) in [5, 5.41) is 0. The van der Waals surface area contributed by atoms with Gasteiger partial charge in [-0.3, -0.25) is 0 Å². The molecule has 4 rings (SSSR count). The molecule has 1 aliphatic heterocycles. The topological polar surface area (TPSA) is 12.5 Å². The fraction of sp³-hybridized carbons (Fsp3) is 0.429. The maximum atomic E-state index is 13.1. The standard InChI is InChI=1S/C21H24FNO/c22-18-8-10-19(11-9-18)24-21-12-13-23(14-16-6-7-16)15-20(21)17-4-2-1-3-5-17/h1-5,8-11,16,20-21H,6-7,12-15H2. The highest BCUT2D eigenvalue weighted by atomic mass is 19.1. The molecule has 0 amide bonds. The van der Waals surface area contributed by atoms with Gasteiger partial charge in [0.05, 0.1) is 0 Å². The Kier molecular flexibility index (Phi) is 4.52. The van der Waals surface area contributed by atoms with Crippen molar-refractivity contribution in [1.29, 1.82) is 0 Å². The Morgan fingerprint density at radius 3 is 2.42 bits per heavy atom. The molecule has 1 heterocycles. The van der Waals surface area contributed by atoms with E-state index in [1.165, 1.54) is 37.1 Å². The van der Waals surface area contributed by atoms with Gasteiger partial charge in [0, 0.05) is 25.6 Å². The fourth-order valence-corrected chi connectivity index (χ4v) is 3.68. The third-order valence-corrected chi connectivity index (χ3v) is 5.18. The van der Waals surface area contributed by atoms with Gasteiger partial charge in [-0.1, -0.05) is 30.3 Å². The Morgan fingerprint density at radius 2 is 1.71 bits per heavy atom. The number of ether oxygens (including phenoxy) is 1. The second-order valence-electron chi connectivity index (χ2n) is 7.12. The maximum Gasteiger partial charge on any atom is 0.123 e. The number of rotatable bonds is 5. The number of benzene rings is 2. The van der Waals surface area contributed by atoms with Gasteiger partial charge in [0.25, 0.3) is 0 Å². The molecule has 0 spiro atoms. The van der Waals surface area contributed by atoms with E-state index >= 15 is 0 Å². The molecule has 2 atom stereocenters. The Labute approximate surface area is 143 Å². The molecule has 0 radical (unpaired) electrons. The van der Waals surface area contributed by atoms with Gasteiger partial charge in [-0.25, -0.2) is 4.39 Å². The zero-order valence-corrected chi connectivity index (χ0v) is 13.9. The fourth-order valence-electron chi connectivity index (χ4n) is 3.68. The van der Waals surface area contributed by atoms with E-state index in [0.717, 1.165) is 31.2 Å². The molecule has 2 aromatic rings. The Balaban J connectivity index is 1.51. The summed E-state index contributed by atoms with van der Waals surface area (Å²) < 4.78 is 19.4. The van der Waals surface area contributed by atoms with Crippen LogP contribution in [0.1, 0.15) is 30.7 Å². The smallest absolute Gasteiger partial charge is 0.123 e. The van der Waals surface area contributed by atoms with Gasteiger partial charge in [0.2, 0.25) is 0 Å². The highest BCUT2D eigenvalue weighted by molar-refractivity contribution is 5.26. The predicted molar refractivity (Wildman–Crippen MR) is 93.8 cm³/mol. The SMILES string of the molecule is Fc1ccc(OC2CCN(CC3CC3)CC2c2ccccc2)cc1. The second-order valence-corrected chi connectivity index (χ2v) is 7.12. The van der Waals surface area contributed by atoms with Gasteiger partial charge >= 0.3 is 0 Å². The second kappa shape index (κ2) is 6.94. The van der Waals surface area contributed by atoms with E-state index in [0.29, 0.717) is 5.92 Å². The molecule has 1 saturated heterocycles. The summed E-state index contributed by atoms with van der Waals surface area (Å²) in [7, 11) is 0. The third kappa shape index (κ3) is 3.78. The van der Waals surface area contributed by atoms with Crippen LogP contribution in [0.25, 0.3) is 0 Å². The lowest BCUT2D eigenvalue weighted by Crippen LogP contribution is -2.44. The molecular weight excluding hydrogens is 301 g/mol. The van der Waals surface area contributed by atoms with Crippen molar-refractivity contribution in [2.75, 3.05) is 19.6 Å². The minimum absolute atomic E-state index is 0.147. The van der Waals surface area contributed by atoms with Crippen LogP contribution >= 0.6 is 0 Å². The van der Waals surface area contributed by atoms with Crippen LogP contribution in [0.4, 0.5) is 4.39 Å². The minimum atomic E-state index is -0.221. The molecule has 2 fully saturated rings. The van der Waals surface area contributed by atoms with E-state index < -0.39 is 0 Å². The highest BCUT2D eigenvalue weighted by Crippen LogP contribution is 2.35. The molecule has 1 saturated carbocycles. The third-order valence-electron chi connectivity index (χ3n) is 5.18. The molecule has 2 nitrogen and oxygen atoms in total. The molecule has 2 unspecified atom stereocenters. The minimum Gasteiger partial charge on any atom is -0.490 e. The lowest BCUT2D eigenvalue weighted by molar-refractivity contribution is 0.0754. The Bertz CT molecular complexity index is 653. The van der Waals surface area contributed by atoms with E-state index in [9.17, 15) is 4.39 Å². The first-order chi connectivity index (χ1) is 11.8. The first kappa shape index (κ1) is 15.6. The summed E-state index contributed by atoms with van der Waals surface area (Å²) in [4.78, 5) is 2.60. The van der Waals surface area contributed by atoms with Crippen LogP contribution in [0.3, 0.4) is 0 Å². The first-order valence-corrected chi connectivity index (χ1v) is 8.97. The number of halogens is 1. The van der Waals surface area contributed by atoms with Crippen molar-refractivity contribution in [1.82, 2.24) is 4.90 Å². The van der Waals surface area contributed by atoms with E-state index in [4.69, 9.17) is 4.74 Å². The maximum absolute atomic E-state index is 13.1. The van der Waals surface area contributed by atoms with E-state index in [1.807, 2.05) is 0 Å². The molecular formula is C21H24FNO.